The number of carbonyl (C=O) groups is 1. The maximum absolute atomic E-state index is 12.5. The average molecular weight is 341 g/mol. The second-order valence-electron chi connectivity index (χ2n) is 5.92. The van der Waals surface area contributed by atoms with Crippen LogP contribution in [-0.4, -0.2) is 17.4 Å². The van der Waals surface area contributed by atoms with Gasteiger partial charge in [-0.3, -0.25) is 4.79 Å². The van der Waals surface area contributed by atoms with E-state index < -0.39 is 0 Å². The van der Waals surface area contributed by atoms with Crippen LogP contribution < -0.4 is 5.32 Å². The van der Waals surface area contributed by atoms with Crippen LogP contribution in [0.15, 0.2) is 54.7 Å². The summed E-state index contributed by atoms with van der Waals surface area (Å²) in [5.41, 5.74) is 3.30. The lowest BCUT2D eigenvalue weighted by atomic mass is 9.95. The van der Waals surface area contributed by atoms with E-state index in [1.807, 2.05) is 61.7 Å². The average Bonchev–Trinajstić information content (AvgIpc) is 2.99. The molecule has 4 heteroatoms. The summed E-state index contributed by atoms with van der Waals surface area (Å²) in [5.74, 6) is -0.00909. The molecule has 0 fully saturated rings. The zero-order valence-corrected chi connectivity index (χ0v) is 14.4. The number of H-pyrrole nitrogens is 1. The van der Waals surface area contributed by atoms with Crippen molar-refractivity contribution in [3.05, 3.63) is 70.9 Å². The Labute approximate surface area is 147 Å². The quantitative estimate of drug-likeness (QED) is 0.672. The molecule has 2 aromatic carbocycles. The lowest BCUT2D eigenvalue weighted by Gasteiger charge is -2.15. The van der Waals surface area contributed by atoms with Gasteiger partial charge in [0.05, 0.1) is 5.92 Å². The van der Waals surface area contributed by atoms with Crippen LogP contribution in [0.25, 0.3) is 10.9 Å². The molecule has 0 spiro atoms. The Balaban J connectivity index is 1.62. The predicted molar refractivity (Wildman–Crippen MR) is 99.5 cm³/mol. The molecule has 1 aromatic heterocycles. The summed E-state index contributed by atoms with van der Waals surface area (Å²) in [6, 6.07) is 15.7. The van der Waals surface area contributed by atoms with Crippen molar-refractivity contribution in [2.45, 2.75) is 25.7 Å². The van der Waals surface area contributed by atoms with E-state index in [4.69, 9.17) is 11.6 Å². The molecule has 3 aromatic rings. The fourth-order valence-electron chi connectivity index (χ4n) is 3.06. The van der Waals surface area contributed by atoms with E-state index in [9.17, 15) is 4.79 Å². The molecule has 2 N–H and O–H groups in total. The fraction of sp³-hybridized carbons (Fsp3) is 0.250. The van der Waals surface area contributed by atoms with Crippen molar-refractivity contribution in [2.75, 3.05) is 6.54 Å². The second-order valence-corrected chi connectivity index (χ2v) is 6.35. The molecule has 0 bridgehead atoms. The number of halogens is 1. The topological polar surface area (TPSA) is 44.9 Å². The van der Waals surface area contributed by atoms with Gasteiger partial charge in [-0.25, -0.2) is 0 Å². The molecule has 1 amide bonds. The number of hydrogen-bond acceptors (Lipinski definition) is 1. The summed E-state index contributed by atoms with van der Waals surface area (Å²) >= 11 is 6.08. The van der Waals surface area contributed by atoms with E-state index >= 15 is 0 Å². The van der Waals surface area contributed by atoms with E-state index in [0.717, 1.165) is 34.3 Å². The van der Waals surface area contributed by atoms with Gasteiger partial charge in [-0.05, 0) is 42.2 Å². The fourth-order valence-corrected chi connectivity index (χ4v) is 3.23. The maximum atomic E-state index is 12.5. The zero-order valence-electron chi connectivity index (χ0n) is 13.7. The maximum Gasteiger partial charge on any atom is 0.227 e. The first kappa shape index (κ1) is 16.6. The lowest BCUT2D eigenvalue weighted by molar-refractivity contribution is -0.122. The standard InChI is InChI=1S/C20H21ClN2O/c1-2-17(14-6-4-3-5-7-14)20(24)22-11-10-15-13-23-19-9-8-16(21)12-18(15)19/h3-9,12-13,17,23H,2,10-11H2,1H3,(H,22,24)/t17-/m0/s1. The smallest absolute Gasteiger partial charge is 0.227 e. The van der Waals surface area contributed by atoms with E-state index in [1.165, 1.54) is 5.56 Å². The molecule has 1 heterocycles. The van der Waals surface area contributed by atoms with Gasteiger partial charge in [0.2, 0.25) is 5.91 Å². The molecule has 0 aliphatic heterocycles. The number of rotatable bonds is 6. The highest BCUT2D eigenvalue weighted by Crippen LogP contribution is 2.23. The summed E-state index contributed by atoms with van der Waals surface area (Å²) in [5, 5.41) is 4.91. The molecular weight excluding hydrogens is 320 g/mol. The van der Waals surface area contributed by atoms with Crippen molar-refractivity contribution < 1.29 is 4.79 Å². The van der Waals surface area contributed by atoms with Crippen LogP contribution in [0.3, 0.4) is 0 Å². The molecule has 0 unspecified atom stereocenters. The molecule has 0 aliphatic carbocycles. The van der Waals surface area contributed by atoms with Gasteiger partial charge < -0.3 is 10.3 Å². The first-order chi connectivity index (χ1) is 11.7. The van der Waals surface area contributed by atoms with Gasteiger partial charge in [0.1, 0.15) is 0 Å². The number of benzene rings is 2. The van der Waals surface area contributed by atoms with Crippen LogP contribution in [0, 0.1) is 0 Å². The van der Waals surface area contributed by atoms with Crippen molar-refractivity contribution >= 4 is 28.4 Å². The van der Waals surface area contributed by atoms with Crippen molar-refractivity contribution in [3.8, 4) is 0 Å². The number of fused-ring (bicyclic) bond motifs is 1. The van der Waals surface area contributed by atoms with Gasteiger partial charge in [0, 0.05) is 28.7 Å². The van der Waals surface area contributed by atoms with Crippen LogP contribution in [0.4, 0.5) is 0 Å². The van der Waals surface area contributed by atoms with Gasteiger partial charge in [0.25, 0.3) is 0 Å². The number of hydrogen-bond donors (Lipinski definition) is 2. The monoisotopic (exact) mass is 340 g/mol. The molecule has 124 valence electrons. The lowest BCUT2D eigenvalue weighted by Crippen LogP contribution is -2.30. The third-order valence-electron chi connectivity index (χ3n) is 4.35. The molecule has 0 radical (unpaired) electrons. The summed E-state index contributed by atoms with van der Waals surface area (Å²) in [7, 11) is 0. The van der Waals surface area contributed by atoms with Crippen molar-refractivity contribution in [3.63, 3.8) is 0 Å². The largest absolute Gasteiger partial charge is 0.361 e. The Morgan fingerprint density at radius 2 is 2.00 bits per heavy atom. The number of carbonyl (C=O) groups excluding carboxylic acids is 1. The van der Waals surface area contributed by atoms with Crippen molar-refractivity contribution in [1.82, 2.24) is 10.3 Å². The molecule has 0 saturated heterocycles. The Hall–Kier alpha value is -2.26. The highest BCUT2D eigenvalue weighted by atomic mass is 35.5. The minimum atomic E-state index is -0.0939. The van der Waals surface area contributed by atoms with Crippen LogP contribution in [-0.2, 0) is 11.2 Å². The SMILES string of the molecule is CC[C@H](C(=O)NCCc1c[nH]c2ccc(Cl)cc12)c1ccccc1. The minimum absolute atomic E-state index is 0.0848. The number of nitrogens with one attached hydrogen (secondary N) is 2. The summed E-state index contributed by atoms with van der Waals surface area (Å²) in [6.07, 6.45) is 3.55. The van der Waals surface area contributed by atoms with Crippen molar-refractivity contribution in [1.29, 1.82) is 0 Å². The van der Waals surface area contributed by atoms with Gasteiger partial charge >= 0.3 is 0 Å². The van der Waals surface area contributed by atoms with Crippen LogP contribution in [0.1, 0.15) is 30.4 Å². The molecule has 24 heavy (non-hydrogen) atoms. The van der Waals surface area contributed by atoms with Gasteiger partial charge in [-0.1, -0.05) is 48.9 Å². The summed E-state index contributed by atoms with van der Waals surface area (Å²) in [6.45, 7) is 2.65. The number of aromatic nitrogens is 1. The van der Waals surface area contributed by atoms with Crippen LogP contribution in [0.5, 0.6) is 0 Å². The first-order valence-electron chi connectivity index (χ1n) is 8.27. The van der Waals surface area contributed by atoms with Gasteiger partial charge in [-0.15, -0.1) is 0 Å². The Morgan fingerprint density at radius 1 is 1.21 bits per heavy atom. The van der Waals surface area contributed by atoms with Crippen molar-refractivity contribution in [2.24, 2.45) is 0 Å². The predicted octanol–water partition coefficient (Wildman–Crippen LogP) is 4.67. The summed E-state index contributed by atoms with van der Waals surface area (Å²) in [4.78, 5) is 15.7. The first-order valence-corrected chi connectivity index (χ1v) is 8.65. The van der Waals surface area contributed by atoms with Crippen LogP contribution in [0.2, 0.25) is 5.02 Å². The van der Waals surface area contributed by atoms with Crippen LogP contribution >= 0.6 is 11.6 Å². The van der Waals surface area contributed by atoms with E-state index in [1.54, 1.807) is 0 Å². The van der Waals surface area contributed by atoms with E-state index in [0.29, 0.717) is 6.54 Å². The van der Waals surface area contributed by atoms with Gasteiger partial charge in [-0.2, -0.15) is 0 Å². The van der Waals surface area contributed by atoms with E-state index in [-0.39, 0.29) is 11.8 Å². The zero-order chi connectivity index (χ0) is 16.9. The Bertz CT molecular complexity index is 826. The third-order valence-corrected chi connectivity index (χ3v) is 4.58. The minimum Gasteiger partial charge on any atom is -0.361 e. The summed E-state index contributed by atoms with van der Waals surface area (Å²) < 4.78 is 0. The highest BCUT2D eigenvalue weighted by Gasteiger charge is 2.17. The molecule has 1 atom stereocenters. The molecular formula is C20H21ClN2O. The molecule has 0 saturated carbocycles. The van der Waals surface area contributed by atoms with Gasteiger partial charge in [0.15, 0.2) is 0 Å². The molecule has 3 rings (SSSR count). The number of aromatic amines is 1. The third kappa shape index (κ3) is 3.62. The molecule has 0 aliphatic rings. The Kier molecular flexibility index (Phi) is 5.21. The second kappa shape index (κ2) is 7.54. The normalized spacial score (nSPS) is 12.2. The molecule has 3 nitrogen and oxygen atoms in total. The number of amides is 1. The van der Waals surface area contributed by atoms with E-state index in [2.05, 4.69) is 10.3 Å². The Morgan fingerprint density at radius 3 is 2.75 bits per heavy atom. The highest BCUT2D eigenvalue weighted by molar-refractivity contribution is 6.31.